The Labute approximate surface area is 154 Å². The molecule has 3 rings (SSSR count). The van der Waals surface area contributed by atoms with Crippen LogP contribution in [0.5, 0.6) is 5.75 Å². The summed E-state index contributed by atoms with van der Waals surface area (Å²) >= 11 is 7.50. The van der Waals surface area contributed by atoms with Crippen molar-refractivity contribution in [2.45, 2.75) is 32.9 Å². The van der Waals surface area contributed by atoms with E-state index in [2.05, 4.69) is 14.5 Å². The molecule has 6 nitrogen and oxygen atoms in total. The third-order valence-corrected chi connectivity index (χ3v) is 4.54. The summed E-state index contributed by atoms with van der Waals surface area (Å²) in [4.78, 5) is 16.5. The Bertz CT molecular complexity index is 915. The Morgan fingerprint density at radius 1 is 1.24 bits per heavy atom. The topological polar surface area (TPSA) is 69.9 Å². The van der Waals surface area contributed by atoms with Gasteiger partial charge in [0.2, 0.25) is 0 Å². The van der Waals surface area contributed by atoms with Crippen LogP contribution in [0.3, 0.4) is 0 Å². The molecule has 2 aromatic heterocycles. The largest absolute Gasteiger partial charge is 0.485 e. The Hall–Kier alpha value is -2.25. The zero-order valence-corrected chi connectivity index (χ0v) is 15.6. The zero-order valence-electron chi connectivity index (χ0n) is 14.1. The van der Waals surface area contributed by atoms with E-state index in [9.17, 15) is 4.79 Å². The molecule has 8 heteroatoms. The molecule has 0 radical (unpaired) electrons. The molecular formula is C17H17ClN4O2S. The number of benzene rings is 1. The van der Waals surface area contributed by atoms with Crippen LogP contribution in [0, 0.1) is 0 Å². The first-order chi connectivity index (χ1) is 11.9. The molecule has 0 unspecified atom stereocenters. The van der Waals surface area contributed by atoms with Crippen LogP contribution in [0.2, 0.25) is 5.02 Å². The summed E-state index contributed by atoms with van der Waals surface area (Å²) in [6.45, 7) is 5.95. The van der Waals surface area contributed by atoms with Crippen LogP contribution in [0.4, 0.5) is 0 Å². The van der Waals surface area contributed by atoms with Crippen molar-refractivity contribution in [2.75, 3.05) is 0 Å². The number of halogens is 1. The van der Waals surface area contributed by atoms with E-state index in [-0.39, 0.29) is 22.9 Å². The van der Waals surface area contributed by atoms with Gasteiger partial charge in [-0.1, -0.05) is 35.9 Å². The Morgan fingerprint density at radius 2 is 1.96 bits per heavy atom. The molecule has 0 fully saturated rings. The first kappa shape index (κ1) is 17.6. The monoisotopic (exact) mass is 376 g/mol. The van der Waals surface area contributed by atoms with Crippen LogP contribution in [-0.4, -0.2) is 19.1 Å². The first-order valence-electron chi connectivity index (χ1n) is 7.63. The van der Waals surface area contributed by atoms with E-state index in [0.29, 0.717) is 0 Å². The van der Waals surface area contributed by atoms with E-state index in [1.165, 1.54) is 28.7 Å². The second-order valence-corrected chi connectivity index (χ2v) is 7.60. The predicted molar refractivity (Wildman–Crippen MR) is 98.2 cm³/mol. The van der Waals surface area contributed by atoms with Crippen molar-refractivity contribution in [3.05, 3.63) is 57.7 Å². The maximum atomic E-state index is 12.3. The molecule has 3 aromatic rings. The molecule has 0 aliphatic rings. The number of nitrogens with zero attached hydrogens (tertiary/aromatic N) is 4. The second-order valence-electron chi connectivity index (χ2n) is 6.44. The third-order valence-electron chi connectivity index (χ3n) is 3.48. The van der Waals surface area contributed by atoms with Gasteiger partial charge < -0.3 is 4.74 Å². The fraction of sp³-hybridized carbons (Fsp3) is 0.294. The number of hydrogen-bond acceptors (Lipinski definition) is 6. The molecule has 0 N–H and O–H groups in total. The van der Waals surface area contributed by atoms with Crippen LogP contribution < -0.4 is 10.3 Å². The van der Waals surface area contributed by atoms with Crippen molar-refractivity contribution < 1.29 is 4.74 Å². The minimum Gasteiger partial charge on any atom is -0.485 e. The van der Waals surface area contributed by atoms with Gasteiger partial charge in [-0.15, -0.1) is 0 Å². The van der Waals surface area contributed by atoms with Crippen LogP contribution >= 0.6 is 23.1 Å². The summed E-state index contributed by atoms with van der Waals surface area (Å²) in [5, 5.41) is 5.05. The lowest BCUT2D eigenvalue weighted by atomic mass is 10.1. The van der Waals surface area contributed by atoms with Gasteiger partial charge in [0, 0.05) is 5.56 Å². The normalized spacial score (nSPS) is 11.5. The van der Waals surface area contributed by atoms with Gasteiger partial charge in [0.05, 0.1) is 11.7 Å². The summed E-state index contributed by atoms with van der Waals surface area (Å²) in [5.74, 6) is 0.278. The number of rotatable bonds is 4. The Kier molecular flexibility index (Phi) is 4.87. The average molecular weight is 377 g/mol. The SMILES string of the molecule is CC(C)(C)n1ncc(OCc2ccc(-c3ncns3)cc2)c(Cl)c1=O. The number of aromatic nitrogens is 4. The van der Waals surface area contributed by atoms with Crippen LogP contribution in [0.25, 0.3) is 10.6 Å². The molecule has 0 aliphatic heterocycles. The summed E-state index contributed by atoms with van der Waals surface area (Å²) in [7, 11) is 0. The number of hydrogen-bond donors (Lipinski definition) is 0. The molecule has 0 spiro atoms. The fourth-order valence-electron chi connectivity index (χ4n) is 2.20. The summed E-state index contributed by atoms with van der Waals surface area (Å²) < 4.78 is 11.0. The minimum absolute atomic E-state index is 0.0374. The van der Waals surface area contributed by atoms with E-state index in [4.69, 9.17) is 16.3 Å². The molecule has 0 aliphatic carbocycles. The highest BCUT2D eigenvalue weighted by Gasteiger charge is 2.20. The van der Waals surface area contributed by atoms with Crippen LogP contribution in [-0.2, 0) is 12.1 Å². The summed E-state index contributed by atoms with van der Waals surface area (Å²) in [6.07, 6.45) is 3.01. The highest BCUT2D eigenvalue weighted by Crippen LogP contribution is 2.23. The van der Waals surface area contributed by atoms with Gasteiger partial charge in [-0.25, -0.2) is 9.67 Å². The molecule has 1 aromatic carbocycles. The highest BCUT2D eigenvalue weighted by atomic mass is 35.5. The lowest BCUT2D eigenvalue weighted by Crippen LogP contribution is -2.36. The van der Waals surface area contributed by atoms with Gasteiger partial charge in [0.1, 0.15) is 17.9 Å². The van der Waals surface area contributed by atoms with Gasteiger partial charge in [0.25, 0.3) is 5.56 Å². The van der Waals surface area contributed by atoms with Gasteiger partial charge >= 0.3 is 0 Å². The van der Waals surface area contributed by atoms with E-state index in [0.717, 1.165) is 16.1 Å². The van der Waals surface area contributed by atoms with Crippen LogP contribution in [0.15, 0.2) is 41.6 Å². The van der Waals surface area contributed by atoms with Gasteiger partial charge in [0.15, 0.2) is 10.8 Å². The fourth-order valence-corrected chi connectivity index (χ4v) is 2.91. The molecular weight excluding hydrogens is 360 g/mol. The van der Waals surface area contributed by atoms with E-state index in [1.807, 2.05) is 45.0 Å². The van der Waals surface area contributed by atoms with Gasteiger partial charge in [-0.3, -0.25) is 4.79 Å². The first-order valence-corrected chi connectivity index (χ1v) is 8.78. The maximum Gasteiger partial charge on any atom is 0.289 e. The molecule has 130 valence electrons. The lowest BCUT2D eigenvalue weighted by Gasteiger charge is -2.21. The number of ether oxygens (including phenoxy) is 1. The molecule has 0 bridgehead atoms. The predicted octanol–water partition coefficient (Wildman–Crippen LogP) is 3.75. The molecule has 0 saturated heterocycles. The quantitative estimate of drug-likeness (QED) is 0.693. The lowest BCUT2D eigenvalue weighted by molar-refractivity contribution is 0.292. The Balaban J connectivity index is 1.74. The average Bonchev–Trinajstić information content (AvgIpc) is 3.10. The van der Waals surface area contributed by atoms with Crippen molar-refractivity contribution in [3.8, 4) is 16.3 Å². The van der Waals surface area contributed by atoms with E-state index >= 15 is 0 Å². The zero-order chi connectivity index (χ0) is 18.0. The van der Waals surface area contributed by atoms with Crippen molar-refractivity contribution in [1.29, 1.82) is 0 Å². The van der Waals surface area contributed by atoms with Gasteiger partial charge in [-0.2, -0.15) is 9.47 Å². The van der Waals surface area contributed by atoms with Crippen molar-refractivity contribution in [3.63, 3.8) is 0 Å². The standard InChI is InChI=1S/C17H17ClN4O2S/c1-17(2,3)22-16(23)14(18)13(8-20-22)24-9-11-4-6-12(7-5-11)15-19-10-21-25-15/h4-8,10H,9H2,1-3H3. The minimum atomic E-state index is -0.445. The molecule has 2 heterocycles. The molecule has 0 amide bonds. The summed E-state index contributed by atoms with van der Waals surface area (Å²) in [5.41, 5.74) is 1.14. The van der Waals surface area contributed by atoms with Crippen molar-refractivity contribution >= 4 is 23.1 Å². The summed E-state index contributed by atoms with van der Waals surface area (Å²) in [6, 6.07) is 7.79. The second kappa shape index (κ2) is 6.93. The highest BCUT2D eigenvalue weighted by molar-refractivity contribution is 7.09. The van der Waals surface area contributed by atoms with Crippen molar-refractivity contribution in [1.82, 2.24) is 19.1 Å². The van der Waals surface area contributed by atoms with E-state index in [1.54, 1.807) is 0 Å². The maximum absolute atomic E-state index is 12.3. The smallest absolute Gasteiger partial charge is 0.289 e. The van der Waals surface area contributed by atoms with Crippen molar-refractivity contribution in [2.24, 2.45) is 0 Å². The molecule has 0 saturated carbocycles. The molecule has 0 atom stereocenters. The Morgan fingerprint density at radius 3 is 2.56 bits per heavy atom. The molecule has 25 heavy (non-hydrogen) atoms. The van der Waals surface area contributed by atoms with E-state index < -0.39 is 5.54 Å². The van der Waals surface area contributed by atoms with Gasteiger partial charge in [-0.05, 0) is 37.9 Å². The van der Waals surface area contributed by atoms with Crippen LogP contribution in [0.1, 0.15) is 26.3 Å². The third kappa shape index (κ3) is 3.88.